The van der Waals surface area contributed by atoms with Crippen molar-refractivity contribution in [2.45, 2.75) is 6.92 Å². The lowest BCUT2D eigenvalue weighted by Crippen LogP contribution is -2.14. The van der Waals surface area contributed by atoms with Gasteiger partial charge in [0.1, 0.15) is 17.2 Å². The summed E-state index contributed by atoms with van der Waals surface area (Å²) >= 11 is 1.43. The summed E-state index contributed by atoms with van der Waals surface area (Å²) in [7, 11) is 3.14. The molecule has 2 aromatic heterocycles. The lowest BCUT2D eigenvalue weighted by Gasteiger charge is -2.11. The quantitative estimate of drug-likeness (QED) is 0.536. The zero-order valence-electron chi connectivity index (χ0n) is 15.7. The Bertz CT molecular complexity index is 1150. The summed E-state index contributed by atoms with van der Waals surface area (Å²) in [5.41, 5.74) is 4.14. The molecule has 2 heterocycles. The molecule has 0 unspecified atom stereocenters. The molecule has 0 aliphatic rings. The van der Waals surface area contributed by atoms with Crippen LogP contribution in [0.25, 0.3) is 16.2 Å². The lowest BCUT2D eigenvalue weighted by atomic mass is 10.1. The van der Waals surface area contributed by atoms with Gasteiger partial charge in [-0.3, -0.25) is 9.20 Å². The van der Waals surface area contributed by atoms with Crippen LogP contribution in [-0.2, 0) is 0 Å². The molecule has 6 nitrogen and oxygen atoms in total. The minimum atomic E-state index is -0.234. The highest BCUT2D eigenvalue weighted by Gasteiger charge is 2.17. The molecule has 1 amide bonds. The molecule has 142 valence electrons. The second kappa shape index (κ2) is 7.36. The maximum atomic E-state index is 12.9. The van der Waals surface area contributed by atoms with Crippen molar-refractivity contribution in [2.75, 3.05) is 19.5 Å². The van der Waals surface area contributed by atoms with Crippen molar-refractivity contribution in [1.82, 2.24) is 9.38 Å². The van der Waals surface area contributed by atoms with Gasteiger partial charge in [-0.25, -0.2) is 4.98 Å². The number of thiazole rings is 1. The Balaban J connectivity index is 1.64. The Morgan fingerprint density at radius 2 is 1.89 bits per heavy atom. The summed E-state index contributed by atoms with van der Waals surface area (Å²) in [5.74, 6) is 0.956. The highest BCUT2D eigenvalue weighted by Crippen LogP contribution is 2.30. The van der Waals surface area contributed by atoms with Crippen LogP contribution in [0.1, 0.15) is 16.1 Å². The largest absolute Gasteiger partial charge is 0.497 e. The van der Waals surface area contributed by atoms with E-state index in [1.165, 1.54) is 16.9 Å². The van der Waals surface area contributed by atoms with Crippen LogP contribution in [0.4, 0.5) is 5.69 Å². The molecular weight excluding hydrogens is 374 g/mol. The summed E-state index contributed by atoms with van der Waals surface area (Å²) in [6, 6.07) is 13.4. The van der Waals surface area contributed by atoms with Gasteiger partial charge in [-0.1, -0.05) is 29.8 Å². The number of fused-ring (bicyclic) bond motifs is 1. The van der Waals surface area contributed by atoms with Crippen LogP contribution in [0.5, 0.6) is 11.5 Å². The molecule has 0 saturated heterocycles. The second-order valence-corrected chi connectivity index (χ2v) is 7.12. The normalized spacial score (nSPS) is 10.8. The summed E-state index contributed by atoms with van der Waals surface area (Å²) in [6.07, 6.45) is 1.89. The SMILES string of the molecule is COc1ccc(NC(=O)c2csc3nc(-c4ccc(C)cc4)cn23)c(OC)c1. The number of hydrogen-bond acceptors (Lipinski definition) is 5. The number of benzene rings is 2. The summed E-state index contributed by atoms with van der Waals surface area (Å²) in [5, 5.41) is 4.70. The molecule has 0 aliphatic heterocycles. The van der Waals surface area contributed by atoms with Gasteiger partial charge in [0, 0.05) is 23.2 Å². The molecule has 2 aromatic carbocycles. The Kier molecular flexibility index (Phi) is 4.75. The molecule has 1 N–H and O–H groups in total. The number of carbonyl (C=O) groups is 1. The second-order valence-electron chi connectivity index (χ2n) is 6.29. The standard InChI is InChI=1S/C21H19N3O3S/c1-13-4-6-14(7-5-13)17-11-24-18(12-28-21(24)23-17)20(25)22-16-9-8-15(26-2)10-19(16)27-3/h4-12H,1-3H3,(H,22,25). The van der Waals surface area contributed by atoms with Gasteiger partial charge in [-0.05, 0) is 19.1 Å². The van der Waals surface area contributed by atoms with E-state index in [2.05, 4.69) is 10.3 Å². The Labute approximate surface area is 166 Å². The van der Waals surface area contributed by atoms with Gasteiger partial charge in [0.15, 0.2) is 4.96 Å². The monoisotopic (exact) mass is 393 g/mol. The molecule has 28 heavy (non-hydrogen) atoms. The van der Waals surface area contributed by atoms with Gasteiger partial charge in [-0.2, -0.15) is 0 Å². The number of carbonyl (C=O) groups excluding carboxylic acids is 1. The molecule has 0 atom stereocenters. The van der Waals surface area contributed by atoms with Crippen molar-refractivity contribution in [2.24, 2.45) is 0 Å². The summed E-state index contributed by atoms with van der Waals surface area (Å²) < 4.78 is 12.4. The maximum Gasteiger partial charge on any atom is 0.273 e. The Morgan fingerprint density at radius 3 is 2.61 bits per heavy atom. The van der Waals surface area contributed by atoms with Crippen LogP contribution in [0.3, 0.4) is 0 Å². The van der Waals surface area contributed by atoms with Gasteiger partial charge < -0.3 is 14.8 Å². The predicted molar refractivity (Wildman–Crippen MR) is 111 cm³/mol. The number of anilines is 1. The number of nitrogens with one attached hydrogen (secondary N) is 1. The van der Waals surface area contributed by atoms with Crippen LogP contribution in [-0.4, -0.2) is 29.5 Å². The predicted octanol–water partition coefficient (Wildman–Crippen LogP) is 4.64. The topological polar surface area (TPSA) is 64.9 Å². The van der Waals surface area contributed by atoms with E-state index in [9.17, 15) is 4.79 Å². The van der Waals surface area contributed by atoms with E-state index in [4.69, 9.17) is 9.47 Å². The average molecular weight is 393 g/mol. The number of aromatic nitrogens is 2. The fourth-order valence-electron chi connectivity index (χ4n) is 2.90. The smallest absolute Gasteiger partial charge is 0.273 e. The summed E-state index contributed by atoms with van der Waals surface area (Å²) in [6.45, 7) is 2.05. The van der Waals surface area contributed by atoms with E-state index < -0.39 is 0 Å². The van der Waals surface area contributed by atoms with Crippen molar-refractivity contribution >= 4 is 27.9 Å². The zero-order chi connectivity index (χ0) is 19.7. The number of amides is 1. The third-order valence-corrected chi connectivity index (χ3v) is 5.29. The molecule has 4 aromatic rings. The van der Waals surface area contributed by atoms with Crippen LogP contribution in [0, 0.1) is 6.92 Å². The van der Waals surface area contributed by atoms with E-state index in [0.29, 0.717) is 22.9 Å². The minimum absolute atomic E-state index is 0.234. The fourth-order valence-corrected chi connectivity index (χ4v) is 3.75. The third kappa shape index (κ3) is 3.32. The first kappa shape index (κ1) is 18.1. The van der Waals surface area contributed by atoms with E-state index in [-0.39, 0.29) is 5.91 Å². The number of methoxy groups -OCH3 is 2. The first-order valence-electron chi connectivity index (χ1n) is 8.66. The minimum Gasteiger partial charge on any atom is -0.497 e. The van der Waals surface area contributed by atoms with Gasteiger partial charge in [0.05, 0.1) is 25.6 Å². The van der Waals surface area contributed by atoms with Crippen molar-refractivity contribution in [3.63, 3.8) is 0 Å². The Morgan fingerprint density at radius 1 is 1.11 bits per heavy atom. The average Bonchev–Trinajstić information content (AvgIpc) is 3.29. The van der Waals surface area contributed by atoms with Crippen molar-refractivity contribution in [3.8, 4) is 22.8 Å². The number of aryl methyl sites for hydroxylation is 1. The van der Waals surface area contributed by atoms with Gasteiger partial charge in [-0.15, -0.1) is 11.3 Å². The molecule has 7 heteroatoms. The van der Waals surface area contributed by atoms with Crippen molar-refractivity contribution in [1.29, 1.82) is 0 Å². The van der Waals surface area contributed by atoms with Crippen LogP contribution >= 0.6 is 11.3 Å². The van der Waals surface area contributed by atoms with Crippen molar-refractivity contribution < 1.29 is 14.3 Å². The lowest BCUT2D eigenvalue weighted by molar-refractivity contribution is 0.102. The number of nitrogens with zero attached hydrogens (tertiary/aromatic N) is 2. The summed E-state index contributed by atoms with van der Waals surface area (Å²) in [4.78, 5) is 18.3. The number of hydrogen-bond donors (Lipinski definition) is 1. The van der Waals surface area contributed by atoms with E-state index in [0.717, 1.165) is 16.2 Å². The number of imidazole rings is 1. The molecule has 0 fully saturated rings. The first-order valence-corrected chi connectivity index (χ1v) is 9.54. The van der Waals surface area contributed by atoms with Gasteiger partial charge in [0.2, 0.25) is 0 Å². The molecule has 0 aliphatic carbocycles. The van der Waals surface area contributed by atoms with Gasteiger partial charge in [0.25, 0.3) is 5.91 Å². The Hall–Kier alpha value is -3.32. The molecule has 0 radical (unpaired) electrons. The number of rotatable bonds is 5. The molecule has 0 bridgehead atoms. The molecule has 0 spiro atoms. The molecular formula is C21H19N3O3S. The number of ether oxygens (including phenoxy) is 2. The molecule has 0 saturated carbocycles. The fraction of sp³-hybridized carbons (Fsp3) is 0.143. The van der Waals surface area contributed by atoms with Crippen molar-refractivity contribution in [3.05, 3.63) is 65.3 Å². The van der Waals surface area contributed by atoms with Gasteiger partial charge >= 0.3 is 0 Å². The highest BCUT2D eigenvalue weighted by molar-refractivity contribution is 7.15. The van der Waals surface area contributed by atoms with E-state index >= 15 is 0 Å². The highest BCUT2D eigenvalue weighted by atomic mass is 32.1. The zero-order valence-corrected chi connectivity index (χ0v) is 16.5. The van der Waals surface area contributed by atoms with E-state index in [1.54, 1.807) is 37.8 Å². The van der Waals surface area contributed by atoms with Crippen LogP contribution in [0.15, 0.2) is 54.0 Å². The third-order valence-electron chi connectivity index (χ3n) is 4.45. The molecule has 4 rings (SSSR count). The first-order chi connectivity index (χ1) is 13.6. The van der Waals surface area contributed by atoms with Crippen LogP contribution < -0.4 is 14.8 Å². The van der Waals surface area contributed by atoms with Crippen LogP contribution in [0.2, 0.25) is 0 Å². The maximum absolute atomic E-state index is 12.9. The van der Waals surface area contributed by atoms with E-state index in [1.807, 2.05) is 41.8 Å².